The van der Waals surface area contributed by atoms with E-state index in [2.05, 4.69) is 6.92 Å². The summed E-state index contributed by atoms with van der Waals surface area (Å²) in [5.74, 6) is 0. The third-order valence-electron chi connectivity index (χ3n) is 1.89. The van der Waals surface area contributed by atoms with Crippen LogP contribution < -0.4 is 0 Å². The van der Waals surface area contributed by atoms with Gasteiger partial charge in [0.1, 0.15) is 19.2 Å². The average molecular weight is 188 g/mol. The third kappa shape index (κ3) is 7.94. The topological polar surface area (TPSA) is 35.5 Å². The number of rotatable bonds is 9. The molecule has 13 heavy (non-hydrogen) atoms. The molecule has 0 heterocycles. The van der Waals surface area contributed by atoms with E-state index in [0.29, 0.717) is 0 Å². The molecule has 0 N–H and O–H groups in total. The SMILES string of the molecule is CCCCCC[C@H](C=O)OCOC. The largest absolute Gasteiger partial charge is 0.359 e. The van der Waals surface area contributed by atoms with Gasteiger partial charge >= 0.3 is 0 Å². The third-order valence-corrected chi connectivity index (χ3v) is 1.89. The molecule has 0 unspecified atom stereocenters. The number of unbranched alkanes of at least 4 members (excludes halogenated alkanes) is 3. The van der Waals surface area contributed by atoms with Crippen LogP contribution in [0.15, 0.2) is 0 Å². The van der Waals surface area contributed by atoms with Gasteiger partial charge in [-0.05, 0) is 6.42 Å². The molecule has 0 fully saturated rings. The van der Waals surface area contributed by atoms with Crippen LogP contribution in [0.25, 0.3) is 0 Å². The highest BCUT2D eigenvalue weighted by atomic mass is 16.7. The fraction of sp³-hybridized carbons (Fsp3) is 0.900. The summed E-state index contributed by atoms with van der Waals surface area (Å²) < 4.78 is 9.85. The fourth-order valence-electron chi connectivity index (χ4n) is 1.12. The van der Waals surface area contributed by atoms with Gasteiger partial charge in [-0.15, -0.1) is 0 Å². The van der Waals surface area contributed by atoms with E-state index in [1.165, 1.54) is 19.3 Å². The highest BCUT2D eigenvalue weighted by molar-refractivity contribution is 5.55. The first-order valence-corrected chi connectivity index (χ1v) is 4.91. The standard InChI is InChI=1S/C10H20O3/c1-3-4-5-6-7-10(8-11)13-9-12-2/h8,10H,3-7,9H2,1-2H3/t10-/m1/s1. The first kappa shape index (κ1) is 12.6. The molecule has 0 aliphatic heterocycles. The predicted octanol–water partition coefficient (Wildman–Crippen LogP) is 2.14. The van der Waals surface area contributed by atoms with E-state index in [4.69, 9.17) is 9.47 Å². The molecule has 0 spiro atoms. The average Bonchev–Trinajstić information content (AvgIpc) is 2.17. The van der Waals surface area contributed by atoms with Gasteiger partial charge in [-0.1, -0.05) is 32.6 Å². The summed E-state index contributed by atoms with van der Waals surface area (Å²) in [4.78, 5) is 10.5. The molecule has 3 heteroatoms. The van der Waals surface area contributed by atoms with Crippen LogP contribution in [0.3, 0.4) is 0 Å². The zero-order valence-corrected chi connectivity index (χ0v) is 8.62. The van der Waals surface area contributed by atoms with Gasteiger partial charge in [0, 0.05) is 7.11 Å². The van der Waals surface area contributed by atoms with Crippen LogP contribution in [0.2, 0.25) is 0 Å². The maximum atomic E-state index is 10.5. The Morgan fingerprint density at radius 2 is 2.08 bits per heavy atom. The summed E-state index contributed by atoms with van der Waals surface area (Å²) in [5.41, 5.74) is 0. The van der Waals surface area contributed by atoms with E-state index in [-0.39, 0.29) is 12.9 Å². The summed E-state index contributed by atoms with van der Waals surface area (Å²) >= 11 is 0. The second-order valence-electron chi connectivity index (χ2n) is 3.10. The molecular formula is C10H20O3. The van der Waals surface area contributed by atoms with Crippen molar-refractivity contribution in [3.63, 3.8) is 0 Å². The number of ether oxygens (including phenoxy) is 2. The second-order valence-corrected chi connectivity index (χ2v) is 3.10. The van der Waals surface area contributed by atoms with Crippen LogP contribution in [0.5, 0.6) is 0 Å². The molecule has 3 nitrogen and oxygen atoms in total. The van der Waals surface area contributed by atoms with Gasteiger partial charge in [0.2, 0.25) is 0 Å². The molecule has 0 amide bonds. The molecule has 0 rings (SSSR count). The maximum absolute atomic E-state index is 10.5. The number of hydrogen-bond donors (Lipinski definition) is 0. The molecule has 0 saturated heterocycles. The van der Waals surface area contributed by atoms with Crippen LogP contribution in [0, 0.1) is 0 Å². The van der Waals surface area contributed by atoms with Gasteiger partial charge < -0.3 is 14.3 Å². The van der Waals surface area contributed by atoms with E-state index in [1.54, 1.807) is 7.11 Å². The molecule has 0 bridgehead atoms. The van der Waals surface area contributed by atoms with Gasteiger partial charge in [0.05, 0.1) is 0 Å². The van der Waals surface area contributed by atoms with Crippen LogP contribution in [-0.4, -0.2) is 26.3 Å². The van der Waals surface area contributed by atoms with Crippen molar-refractivity contribution in [1.29, 1.82) is 0 Å². The number of carbonyl (C=O) groups excluding carboxylic acids is 1. The first-order valence-electron chi connectivity index (χ1n) is 4.91. The van der Waals surface area contributed by atoms with Crippen molar-refractivity contribution in [2.45, 2.75) is 45.1 Å². The minimum atomic E-state index is -0.281. The van der Waals surface area contributed by atoms with Crippen LogP contribution in [0.4, 0.5) is 0 Å². The Bertz CT molecular complexity index is 115. The van der Waals surface area contributed by atoms with Crippen LogP contribution >= 0.6 is 0 Å². The molecule has 0 aromatic carbocycles. The number of carbonyl (C=O) groups is 1. The Balaban J connectivity index is 3.31. The van der Waals surface area contributed by atoms with Gasteiger partial charge in [0.15, 0.2) is 0 Å². The second kappa shape index (κ2) is 9.68. The lowest BCUT2D eigenvalue weighted by atomic mass is 10.1. The van der Waals surface area contributed by atoms with E-state index < -0.39 is 0 Å². The highest BCUT2D eigenvalue weighted by Gasteiger charge is 2.05. The Morgan fingerprint density at radius 1 is 1.31 bits per heavy atom. The molecule has 0 aromatic rings. The lowest BCUT2D eigenvalue weighted by molar-refractivity contribution is -0.128. The zero-order chi connectivity index (χ0) is 9.94. The number of hydrogen-bond acceptors (Lipinski definition) is 3. The molecule has 0 aliphatic rings. The lowest BCUT2D eigenvalue weighted by Crippen LogP contribution is -2.15. The maximum Gasteiger partial charge on any atom is 0.148 e. The summed E-state index contributed by atoms with van der Waals surface area (Å²) in [5, 5.41) is 0. The summed E-state index contributed by atoms with van der Waals surface area (Å²) in [6.45, 7) is 2.37. The first-order chi connectivity index (χ1) is 6.35. The van der Waals surface area contributed by atoms with Crippen LogP contribution in [-0.2, 0) is 14.3 Å². The molecule has 0 aromatic heterocycles. The van der Waals surface area contributed by atoms with Gasteiger partial charge in [-0.2, -0.15) is 0 Å². The Kier molecular flexibility index (Phi) is 9.37. The van der Waals surface area contributed by atoms with Crippen molar-refractivity contribution in [3.8, 4) is 0 Å². The Hall–Kier alpha value is -0.410. The van der Waals surface area contributed by atoms with Crippen LogP contribution in [0.1, 0.15) is 39.0 Å². The normalized spacial score (nSPS) is 12.8. The number of aldehydes is 1. The highest BCUT2D eigenvalue weighted by Crippen LogP contribution is 2.06. The lowest BCUT2D eigenvalue weighted by Gasteiger charge is -2.10. The van der Waals surface area contributed by atoms with Crippen molar-refractivity contribution in [2.75, 3.05) is 13.9 Å². The Labute approximate surface area is 80.4 Å². The molecule has 1 atom stereocenters. The summed E-state index contributed by atoms with van der Waals surface area (Å²) in [6, 6.07) is 0. The molecule has 0 saturated carbocycles. The van der Waals surface area contributed by atoms with Crippen molar-refractivity contribution in [1.82, 2.24) is 0 Å². The van der Waals surface area contributed by atoms with E-state index in [0.717, 1.165) is 19.1 Å². The van der Waals surface area contributed by atoms with Crippen molar-refractivity contribution in [2.24, 2.45) is 0 Å². The quantitative estimate of drug-likeness (QED) is 0.316. The Morgan fingerprint density at radius 3 is 2.62 bits per heavy atom. The van der Waals surface area contributed by atoms with Gasteiger partial charge in [0.25, 0.3) is 0 Å². The van der Waals surface area contributed by atoms with Crippen molar-refractivity contribution >= 4 is 6.29 Å². The minimum Gasteiger partial charge on any atom is -0.359 e. The van der Waals surface area contributed by atoms with E-state index >= 15 is 0 Å². The van der Waals surface area contributed by atoms with E-state index in [1.807, 2.05) is 0 Å². The van der Waals surface area contributed by atoms with Gasteiger partial charge in [-0.3, -0.25) is 0 Å². The smallest absolute Gasteiger partial charge is 0.148 e. The fourth-order valence-corrected chi connectivity index (χ4v) is 1.12. The van der Waals surface area contributed by atoms with Crippen molar-refractivity contribution in [3.05, 3.63) is 0 Å². The monoisotopic (exact) mass is 188 g/mol. The predicted molar refractivity (Wildman–Crippen MR) is 51.6 cm³/mol. The summed E-state index contributed by atoms with van der Waals surface area (Å²) in [6.07, 6.45) is 6.06. The van der Waals surface area contributed by atoms with E-state index in [9.17, 15) is 4.79 Å². The molecule has 0 aliphatic carbocycles. The molecular weight excluding hydrogens is 168 g/mol. The van der Waals surface area contributed by atoms with Crippen molar-refractivity contribution < 1.29 is 14.3 Å². The van der Waals surface area contributed by atoms with Gasteiger partial charge in [-0.25, -0.2) is 0 Å². The minimum absolute atomic E-state index is 0.206. The zero-order valence-electron chi connectivity index (χ0n) is 8.62. The molecule has 78 valence electrons. The number of methoxy groups -OCH3 is 1. The molecule has 0 radical (unpaired) electrons. The summed E-state index contributed by atoms with van der Waals surface area (Å²) in [7, 11) is 1.55.